The Morgan fingerprint density at radius 3 is 1.95 bits per heavy atom. The number of benzene rings is 2. The summed E-state index contributed by atoms with van der Waals surface area (Å²) < 4.78 is 5.48. The van der Waals surface area contributed by atoms with Crippen molar-refractivity contribution in [2.45, 2.75) is 77.7 Å². The van der Waals surface area contributed by atoms with Crippen LogP contribution < -0.4 is 16.4 Å². The Kier molecular flexibility index (Phi) is 13.3. The van der Waals surface area contributed by atoms with Crippen molar-refractivity contribution < 1.29 is 24.2 Å². The summed E-state index contributed by atoms with van der Waals surface area (Å²) in [5.74, 6) is -1.72. The molecule has 0 aliphatic carbocycles. The van der Waals surface area contributed by atoms with E-state index >= 15 is 0 Å². The van der Waals surface area contributed by atoms with E-state index in [-0.39, 0.29) is 24.8 Å². The molecular weight excluding hydrogens is 520 g/mol. The van der Waals surface area contributed by atoms with Crippen molar-refractivity contribution in [1.29, 1.82) is 0 Å². The molecule has 3 amide bonds. The number of carbonyl (C=O) groups is 3. The van der Waals surface area contributed by atoms with Gasteiger partial charge in [0.15, 0.2) is 0 Å². The van der Waals surface area contributed by atoms with Gasteiger partial charge < -0.3 is 31.1 Å². The van der Waals surface area contributed by atoms with Crippen LogP contribution in [0.15, 0.2) is 60.7 Å². The van der Waals surface area contributed by atoms with E-state index < -0.39 is 41.7 Å². The van der Waals surface area contributed by atoms with Crippen LogP contribution in [0.25, 0.3) is 0 Å². The van der Waals surface area contributed by atoms with Crippen LogP contribution in [0.4, 0.5) is 4.79 Å². The number of hydrogen-bond acceptors (Lipinski definition) is 6. The summed E-state index contributed by atoms with van der Waals surface area (Å²) in [7, 11) is 1.78. The average Bonchev–Trinajstić information content (AvgIpc) is 2.89. The molecule has 2 aromatic rings. The number of rotatable bonds is 15. The van der Waals surface area contributed by atoms with E-state index in [0.717, 1.165) is 11.1 Å². The molecule has 0 saturated carbocycles. The predicted octanol–water partition coefficient (Wildman–Crippen LogP) is 3.29. The molecule has 4 atom stereocenters. The van der Waals surface area contributed by atoms with Gasteiger partial charge in [-0.25, -0.2) is 4.79 Å². The predicted molar refractivity (Wildman–Crippen MR) is 161 cm³/mol. The lowest BCUT2D eigenvalue weighted by Crippen LogP contribution is -2.55. The quantitative estimate of drug-likeness (QED) is 0.261. The number of nitrogens with zero attached hydrogens (tertiary/aromatic N) is 1. The van der Waals surface area contributed by atoms with Crippen LogP contribution in [-0.2, 0) is 27.2 Å². The topological polar surface area (TPSA) is 134 Å². The Labute approximate surface area is 244 Å². The number of amides is 3. The smallest absolute Gasteiger partial charge is 0.407 e. The lowest BCUT2D eigenvalue weighted by Gasteiger charge is -2.36. The van der Waals surface area contributed by atoms with Crippen molar-refractivity contribution in [3.8, 4) is 0 Å². The summed E-state index contributed by atoms with van der Waals surface area (Å²) in [6, 6.07) is 17.6. The van der Waals surface area contributed by atoms with Crippen molar-refractivity contribution >= 4 is 17.9 Å². The Morgan fingerprint density at radius 1 is 0.951 bits per heavy atom. The van der Waals surface area contributed by atoms with Crippen LogP contribution in [0.5, 0.6) is 0 Å². The van der Waals surface area contributed by atoms with E-state index in [1.807, 2.05) is 74.5 Å². The molecule has 0 radical (unpaired) electrons. The molecule has 0 heterocycles. The van der Waals surface area contributed by atoms with Gasteiger partial charge in [-0.15, -0.1) is 0 Å². The van der Waals surface area contributed by atoms with Crippen molar-refractivity contribution in [2.75, 3.05) is 20.1 Å². The van der Waals surface area contributed by atoms with Crippen LogP contribution in [-0.4, -0.2) is 71.8 Å². The maximum atomic E-state index is 14.2. The molecule has 0 fully saturated rings. The number of nitrogens with two attached hydrogens (primary N) is 1. The van der Waals surface area contributed by atoms with E-state index in [9.17, 15) is 19.5 Å². The van der Waals surface area contributed by atoms with Gasteiger partial charge in [0, 0.05) is 19.0 Å². The van der Waals surface area contributed by atoms with Gasteiger partial charge in [0.2, 0.25) is 11.8 Å². The van der Waals surface area contributed by atoms with Crippen LogP contribution >= 0.6 is 0 Å². The van der Waals surface area contributed by atoms with Gasteiger partial charge in [-0.2, -0.15) is 0 Å². The Bertz CT molecular complexity index is 1090. The van der Waals surface area contributed by atoms with E-state index in [4.69, 9.17) is 10.5 Å². The first kappa shape index (κ1) is 33.8. The van der Waals surface area contributed by atoms with Crippen molar-refractivity contribution in [2.24, 2.45) is 17.6 Å². The molecule has 0 spiro atoms. The lowest BCUT2D eigenvalue weighted by molar-refractivity contribution is -0.145. The van der Waals surface area contributed by atoms with E-state index in [1.54, 1.807) is 27.8 Å². The molecule has 41 heavy (non-hydrogen) atoms. The average molecular weight is 569 g/mol. The summed E-state index contributed by atoms with van der Waals surface area (Å²) in [6.45, 7) is 9.79. The highest BCUT2D eigenvalue weighted by Crippen LogP contribution is 2.23. The fraction of sp³-hybridized carbons (Fsp3) is 0.531. The molecule has 4 unspecified atom stereocenters. The molecule has 0 saturated heterocycles. The molecule has 0 aliphatic rings. The summed E-state index contributed by atoms with van der Waals surface area (Å²) in [6.07, 6.45) is -0.987. The minimum atomic E-state index is -1.09. The summed E-state index contributed by atoms with van der Waals surface area (Å²) in [5, 5.41) is 17.5. The normalized spacial score (nSPS) is 14.5. The second kappa shape index (κ2) is 16.1. The van der Waals surface area contributed by atoms with Crippen LogP contribution in [0.2, 0.25) is 0 Å². The summed E-state index contributed by atoms with van der Waals surface area (Å²) in [4.78, 5) is 41.0. The molecule has 2 aromatic carbocycles. The van der Waals surface area contributed by atoms with Crippen LogP contribution in [0, 0.1) is 11.8 Å². The Balaban J connectivity index is 2.43. The van der Waals surface area contributed by atoms with E-state index in [0.29, 0.717) is 19.4 Å². The highest BCUT2D eigenvalue weighted by Gasteiger charge is 2.37. The third kappa shape index (κ3) is 11.5. The number of carbonyl (C=O) groups excluding carboxylic acids is 3. The standard InChI is InChI=1S/C32H48N4O5/c1-22(2)28(29(33)38)36(18-17-34-6)30(39)25(19-23-13-9-7-10-14-23)21-27(37)26(20-24-15-11-8-12-16-24)35-31(40)41-32(3,4)5/h7-16,22,25-28,34,37H,17-21H2,1-6H3,(H2,33,38)(H,35,40). The molecule has 2 rings (SSSR count). The first-order valence-electron chi connectivity index (χ1n) is 14.3. The third-order valence-electron chi connectivity index (χ3n) is 6.81. The summed E-state index contributed by atoms with van der Waals surface area (Å²) in [5.41, 5.74) is 6.90. The number of hydrogen-bond donors (Lipinski definition) is 4. The van der Waals surface area contributed by atoms with Gasteiger partial charge in [0.25, 0.3) is 0 Å². The number of nitrogens with one attached hydrogen (secondary N) is 2. The SMILES string of the molecule is CNCCN(C(=O)C(Cc1ccccc1)CC(O)C(Cc1ccccc1)NC(=O)OC(C)(C)C)C(C(N)=O)C(C)C. The zero-order chi connectivity index (χ0) is 30.6. The molecule has 0 bridgehead atoms. The number of likely N-dealkylation sites (N-methyl/N-ethyl adjacent to an activating group) is 1. The van der Waals surface area contributed by atoms with Gasteiger partial charge >= 0.3 is 6.09 Å². The van der Waals surface area contributed by atoms with Gasteiger partial charge in [-0.3, -0.25) is 9.59 Å². The molecule has 0 aromatic heterocycles. The largest absolute Gasteiger partial charge is 0.444 e. The van der Waals surface area contributed by atoms with Crippen LogP contribution in [0.3, 0.4) is 0 Å². The van der Waals surface area contributed by atoms with Crippen molar-refractivity contribution in [3.63, 3.8) is 0 Å². The molecule has 9 heteroatoms. The Morgan fingerprint density at radius 2 is 1.49 bits per heavy atom. The van der Waals surface area contributed by atoms with Gasteiger partial charge in [0.1, 0.15) is 11.6 Å². The third-order valence-corrected chi connectivity index (χ3v) is 6.81. The van der Waals surface area contributed by atoms with Gasteiger partial charge in [0.05, 0.1) is 12.1 Å². The number of ether oxygens (including phenoxy) is 1. The highest BCUT2D eigenvalue weighted by molar-refractivity contribution is 5.88. The molecule has 5 N–H and O–H groups in total. The molecule has 0 aliphatic heterocycles. The van der Waals surface area contributed by atoms with Crippen molar-refractivity contribution in [3.05, 3.63) is 71.8 Å². The minimum Gasteiger partial charge on any atom is -0.444 e. The lowest BCUT2D eigenvalue weighted by atomic mass is 9.87. The van der Waals surface area contributed by atoms with Gasteiger partial charge in [-0.05, 0) is 64.1 Å². The van der Waals surface area contributed by atoms with Crippen LogP contribution in [0.1, 0.15) is 52.2 Å². The van der Waals surface area contributed by atoms with Gasteiger partial charge in [-0.1, -0.05) is 74.5 Å². The second-order valence-electron chi connectivity index (χ2n) is 11.9. The number of aliphatic hydroxyl groups excluding tert-OH is 1. The molecular formula is C32H48N4O5. The number of primary amides is 1. The second-order valence-corrected chi connectivity index (χ2v) is 11.9. The highest BCUT2D eigenvalue weighted by atomic mass is 16.6. The van der Waals surface area contributed by atoms with E-state index in [2.05, 4.69) is 10.6 Å². The first-order valence-corrected chi connectivity index (χ1v) is 14.3. The summed E-state index contributed by atoms with van der Waals surface area (Å²) >= 11 is 0. The first-order chi connectivity index (χ1) is 19.3. The number of aliphatic hydroxyl groups is 1. The monoisotopic (exact) mass is 568 g/mol. The van der Waals surface area contributed by atoms with E-state index in [1.165, 1.54) is 4.90 Å². The maximum absolute atomic E-state index is 14.2. The molecule has 226 valence electrons. The fourth-order valence-corrected chi connectivity index (χ4v) is 4.93. The zero-order valence-corrected chi connectivity index (χ0v) is 25.3. The van der Waals surface area contributed by atoms with Crippen molar-refractivity contribution in [1.82, 2.24) is 15.5 Å². The maximum Gasteiger partial charge on any atom is 0.407 e. The minimum absolute atomic E-state index is 0.0562. The fourth-order valence-electron chi connectivity index (χ4n) is 4.93. The Hall–Kier alpha value is -3.43. The zero-order valence-electron chi connectivity index (χ0n) is 25.3. The molecule has 9 nitrogen and oxygen atoms in total. The number of alkyl carbamates (subject to hydrolysis) is 1.